The van der Waals surface area contributed by atoms with Gasteiger partial charge >= 0.3 is 5.97 Å². The van der Waals surface area contributed by atoms with Gasteiger partial charge in [0.25, 0.3) is 5.91 Å². The molecule has 1 unspecified atom stereocenters. The van der Waals surface area contributed by atoms with Crippen molar-refractivity contribution in [3.8, 4) is 6.07 Å². The lowest BCUT2D eigenvalue weighted by atomic mass is 9.48. The highest BCUT2D eigenvalue weighted by atomic mass is 16.5. The smallest absolute Gasteiger partial charge is 0.340 e. The lowest BCUT2D eigenvalue weighted by Gasteiger charge is -2.59. The number of ether oxygens (including phenoxy) is 1. The van der Waals surface area contributed by atoms with Crippen LogP contribution in [0.25, 0.3) is 0 Å². The second kappa shape index (κ2) is 8.74. The third kappa shape index (κ3) is 4.32. The Labute approximate surface area is 184 Å². The Hall–Kier alpha value is -2.81. The van der Waals surface area contributed by atoms with Crippen molar-refractivity contribution in [3.05, 3.63) is 41.6 Å². The van der Waals surface area contributed by atoms with Gasteiger partial charge in [0.2, 0.25) is 0 Å². The highest BCUT2D eigenvalue weighted by molar-refractivity contribution is 6.09. The number of esters is 1. The molecule has 31 heavy (non-hydrogen) atoms. The van der Waals surface area contributed by atoms with Crippen LogP contribution in [0.2, 0.25) is 0 Å². The zero-order valence-electron chi connectivity index (χ0n) is 18.3. The number of para-hydroxylation sites is 1. The number of amides is 1. The molecule has 1 aromatic rings. The van der Waals surface area contributed by atoms with E-state index in [1.807, 2.05) is 6.07 Å². The summed E-state index contributed by atoms with van der Waals surface area (Å²) in [5.74, 6) is 1.49. The number of hydrogen-bond acceptors (Lipinski definition) is 5. The molecule has 1 aromatic carbocycles. The first-order valence-electron chi connectivity index (χ1n) is 11.4. The van der Waals surface area contributed by atoms with Crippen LogP contribution in [0.15, 0.2) is 36.0 Å². The van der Waals surface area contributed by atoms with E-state index in [9.17, 15) is 14.9 Å². The molecule has 164 valence electrons. The average Bonchev–Trinajstić information content (AvgIpc) is 2.73. The number of nitriles is 1. The fraction of sp³-hybridized carbons (Fsp3) is 0.560. The first-order valence-corrected chi connectivity index (χ1v) is 11.4. The number of nitrogens with zero attached hydrogens (tertiary/aromatic N) is 1. The lowest BCUT2D eigenvalue weighted by Crippen LogP contribution is -2.54. The molecule has 4 aliphatic carbocycles. The Balaban J connectivity index is 1.44. The Bertz CT molecular complexity index is 895. The molecule has 1 amide bonds. The van der Waals surface area contributed by atoms with Crippen molar-refractivity contribution in [1.29, 1.82) is 5.26 Å². The van der Waals surface area contributed by atoms with Crippen molar-refractivity contribution in [3.63, 3.8) is 0 Å². The Morgan fingerprint density at radius 3 is 2.39 bits per heavy atom. The normalized spacial score (nSPS) is 29.7. The second-order valence-corrected chi connectivity index (χ2v) is 9.56. The van der Waals surface area contributed by atoms with Crippen LogP contribution in [0, 0.1) is 34.5 Å². The monoisotopic (exact) mass is 421 g/mol. The van der Waals surface area contributed by atoms with Crippen molar-refractivity contribution in [2.24, 2.45) is 23.2 Å². The summed E-state index contributed by atoms with van der Waals surface area (Å²) in [5, 5.41) is 15.6. The van der Waals surface area contributed by atoms with Gasteiger partial charge in [-0.15, -0.1) is 0 Å². The maximum absolute atomic E-state index is 12.7. The van der Waals surface area contributed by atoms with Crippen LogP contribution in [0.5, 0.6) is 0 Å². The first-order chi connectivity index (χ1) is 14.9. The van der Waals surface area contributed by atoms with Crippen molar-refractivity contribution in [2.75, 3.05) is 11.9 Å². The maximum atomic E-state index is 12.7. The second-order valence-electron chi connectivity index (χ2n) is 9.56. The van der Waals surface area contributed by atoms with Gasteiger partial charge in [0.15, 0.2) is 0 Å². The van der Waals surface area contributed by atoms with E-state index in [-0.39, 0.29) is 29.2 Å². The van der Waals surface area contributed by atoms with Crippen molar-refractivity contribution in [1.82, 2.24) is 5.32 Å². The Morgan fingerprint density at radius 1 is 1.19 bits per heavy atom. The van der Waals surface area contributed by atoms with Crippen LogP contribution in [0.3, 0.4) is 0 Å². The molecule has 4 aliphatic rings. The molecule has 1 atom stereocenters. The topological polar surface area (TPSA) is 91.2 Å². The van der Waals surface area contributed by atoms with Crippen LogP contribution in [0.4, 0.5) is 5.69 Å². The van der Waals surface area contributed by atoms with Crippen LogP contribution in [-0.2, 0) is 9.53 Å². The molecule has 4 saturated carbocycles. The standard InChI is InChI=1S/C25H31N3O3/c1-3-31-24(30)21-6-4-5-7-22(21)28-23(29)20(14-26)15-27-16(2)25-11-17-8-18(12-25)10-19(9-17)13-25/h4-7,15-19,27H,3,8-13H2,1-2H3,(H,28,29)/b20-15-. The highest BCUT2D eigenvalue weighted by Crippen LogP contribution is 2.61. The molecule has 4 bridgehead atoms. The summed E-state index contributed by atoms with van der Waals surface area (Å²) in [5.41, 5.74) is 0.875. The van der Waals surface area contributed by atoms with Gasteiger partial charge in [-0.2, -0.15) is 5.26 Å². The van der Waals surface area contributed by atoms with Crippen LogP contribution in [-0.4, -0.2) is 24.5 Å². The van der Waals surface area contributed by atoms with Gasteiger partial charge in [-0.25, -0.2) is 4.79 Å². The van der Waals surface area contributed by atoms with Crippen molar-refractivity contribution in [2.45, 2.75) is 58.4 Å². The summed E-state index contributed by atoms with van der Waals surface area (Å²) in [6.07, 6.45) is 9.45. The maximum Gasteiger partial charge on any atom is 0.340 e. The predicted molar refractivity (Wildman–Crippen MR) is 118 cm³/mol. The fourth-order valence-corrected chi connectivity index (χ4v) is 6.41. The zero-order chi connectivity index (χ0) is 22.0. The Morgan fingerprint density at radius 2 is 1.81 bits per heavy atom. The third-order valence-corrected chi connectivity index (χ3v) is 7.52. The summed E-state index contributed by atoms with van der Waals surface area (Å²) in [4.78, 5) is 24.9. The van der Waals surface area contributed by atoms with Crippen LogP contribution >= 0.6 is 0 Å². The van der Waals surface area contributed by atoms with E-state index < -0.39 is 11.9 Å². The minimum atomic E-state index is -0.538. The quantitative estimate of drug-likeness (QED) is 0.387. The molecular formula is C25H31N3O3. The lowest BCUT2D eigenvalue weighted by molar-refractivity contribution is -0.112. The number of rotatable bonds is 7. The molecule has 6 heteroatoms. The van der Waals surface area contributed by atoms with Gasteiger partial charge in [-0.1, -0.05) is 12.1 Å². The average molecular weight is 422 g/mol. The van der Waals surface area contributed by atoms with Gasteiger partial charge in [0.1, 0.15) is 11.6 Å². The molecule has 0 aliphatic heterocycles. The summed E-state index contributed by atoms with van der Waals surface area (Å²) < 4.78 is 5.05. The van der Waals surface area contributed by atoms with Gasteiger partial charge in [-0.3, -0.25) is 4.79 Å². The Kier molecular flexibility index (Phi) is 6.04. The number of benzene rings is 1. The largest absolute Gasteiger partial charge is 0.462 e. The summed E-state index contributed by atoms with van der Waals surface area (Å²) in [6.45, 7) is 4.16. The van der Waals surface area contributed by atoms with E-state index in [4.69, 9.17) is 4.74 Å². The van der Waals surface area contributed by atoms with E-state index in [0.717, 1.165) is 17.8 Å². The number of nitrogens with one attached hydrogen (secondary N) is 2. The number of carbonyl (C=O) groups excluding carboxylic acids is 2. The van der Waals surface area contributed by atoms with Gasteiger partial charge in [0.05, 0.1) is 17.9 Å². The van der Waals surface area contributed by atoms with Crippen LogP contribution < -0.4 is 10.6 Å². The van der Waals surface area contributed by atoms with E-state index in [1.54, 1.807) is 37.4 Å². The van der Waals surface area contributed by atoms with E-state index in [2.05, 4.69) is 17.6 Å². The molecule has 0 spiro atoms. The van der Waals surface area contributed by atoms with Gasteiger partial charge in [-0.05, 0) is 87.7 Å². The summed E-state index contributed by atoms with van der Waals surface area (Å²) >= 11 is 0. The van der Waals surface area contributed by atoms with E-state index in [1.165, 1.54) is 38.5 Å². The highest BCUT2D eigenvalue weighted by Gasteiger charge is 2.53. The zero-order valence-corrected chi connectivity index (χ0v) is 18.3. The first kappa shape index (κ1) is 21.4. The fourth-order valence-electron chi connectivity index (χ4n) is 6.41. The molecule has 2 N–H and O–H groups in total. The van der Waals surface area contributed by atoms with Gasteiger partial charge in [0, 0.05) is 12.2 Å². The minimum Gasteiger partial charge on any atom is -0.462 e. The van der Waals surface area contributed by atoms with Crippen molar-refractivity contribution >= 4 is 17.6 Å². The minimum absolute atomic E-state index is 0.00441. The molecular weight excluding hydrogens is 390 g/mol. The summed E-state index contributed by atoms with van der Waals surface area (Å²) in [6, 6.07) is 8.86. The molecule has 6 nitrogen and oxygen atoms in total. The third-order valence-electron chi connectivity index (χ3n) is 7.52. The molecule has 0 aromatic heterocycles. The molecule has 0 radical (unpaired) electrons. The SMILES string of the molecule is CCOC(=O)c1ccccc1NC(=O)/C(C#N)=C\NC(C)C12CC3CC(CC(C3)C1)C2. The number of hydrogen-bond donors (Lipinski definition) is 2. The molecule has 0 saturated heterocycles. The molecule has 4 fully saturated rings. The predicted octanol–water partition coefficient (Wildman–Crippen LogP) is 4.40. The summed E-state index contributed by atoms with van der Waals surface area (Å²) in [7, 11) is 0. The number of anilines is 1. The molecule has 0 heterocycles. The van der Waals surface area contributed by atoms with Crippen molar-refractivity contribution < 1.29 is 14.3 Å². The van der Waals surface area contributed by atoms with Gasteiger partial charge < -0.3 is 15.4 Å². The molecule has 5 rings (SSSR count). The number of carbonyl (C=O) groups is 2. The van der Waals surface area contributed by atoms with E-state index in [0.29, 0.717) is 5.69 Å². The van der Waals surface area contributed by atoms with Crippen LogP contribution in [0.1, 0.15) is 62.7 Å². The van der Waals surface area contributed by atoms with E-state index >= 15 is 0 Å².